The second-order valence-corrected chi connectivity index (χ2v) is 4.98. The second kappa shape index (κ2) is 4.56. The Kier molecular flexibility index (Phi) is 2.57. The van der Waals surface area contributed by atoms with Gasteiger partial charge in [0.2, 0.25) is 0 Å². The van der Waals surface area contributed by atoms with Gasteiger partial charge in [0, 0.05) is 33.6 Å². The van der Waals surface area contributed by atoms with Crippen molar-refractivity contribution < 1.29 is 4.79 Å². The van der Waals surface area contributed by atoms with Crippen LogP contribution >= 0.6 is 0 Å². The summed E-state index contributed by atoms with van der Waals surface area (Å²) in [6.45, 7) is 0. The first-order valence-electron chi connectivity index (χ1n) is 6.79. The minimum absolute atomic E-state index is 0.0377. The molecule has 0 bridgehead atoms. The topological polar surface area (TPSA) is 45.8 Å². The highest BCUT2D eigenvalue weighted by molar-refractivity contribution is 6.13. The van der Waals surface area contributed by atoms with E-state index in [0.29, 0.717) is 11.1 Å². The Balaban J connectivity index is 1.90. The summed E-state index contributed by atoms with van der Waals surface area (Å²) >= 11 is 0. The number of carbonyl (C=O) groups is 1. The Bertz CT molecular complexity index is 955. The summed E-state index contributed by atoms with van der Waals surface area (Å²) in [5, 5.41) is 2.06. The molecular weight excluding hydrogens is 260 g/mol. The van der Waals surface area contributed by atoms with Crippen LogP contribution in [0.3, 0.4) is 0 Å². The molecule has 100 valence electrons. The normalized spacial score (nSPS) is 11.0. The first-order chi connectivity index (χ1) is 10.3. The van der Waals surface area contributed by atoms with E-state index < -0.39 is 0 Å². The second-order valence-electron chi connectivity index (χ2n) is 4.98. The SMILES string of the molecule is O=C(c1ccccc1)c1ccc2[nH]c3ncccc3c2c1. The molecule has 0 radical (unpaired) electrons. The van der Waals surface area contributed by atoms with Crippen LogP contribution in [0.2, 0.25) is 0 Å². The van der Waals surface area contributed by atoms with Crippen LogP contribution in [-0.2, 0) is 0 Å². The van der Waals surface area contributed by atoms with Crippen molar-refractivity contribution in [2.45, 2.75) is 0 Å². The number of aromatic amines is 1. The highest BCUT2D eigenvalue weighted by atomic mass is 16.1. The predicted molar refractivity (Wildman–Crippen MR) is 83.5 cm³/mol. The van der Waals surface area contributed by atoms with E-state index in [9.17, 15) is 4.79 Å². The van der Waals surface area contributed by atoms with E-state index in [0.717, 1.165) is 21.9 Å². The van der Waals surface area contributed by atoms with E-state index in [2.05, 4.69) is 9.97 Å². The number of hydrogen-bond acceptors (Lipinski definition) is 2. The number of H-pyrrole nitrogens is 1. The molecule has 4 rings (SSSR count). The fourth-order valence-electron chi connectivity index (χ4n) is 2.62. The Hall–Kier alpha value is -2.94. The maximum Gasteiger partial charge on any atom is 0.193 e. The van der Waals surface area contributed by atoms with Crippen LogP contribution < -0.4 is 0 Å². The van der Waals surface area contributed by atoms with Gasteiger partial charge in [-0.1, -0.05) is 30.3 Å². The van der Waals surface area contributed by atoms with Gasteiger partial charge in [0.25, 0.3) is 0 Å². The number of fused-ring (bicyclic) bond motifs is 3. The minimum atomic E-state index is 0.0377. The third-order valence-electron chi connectivity index (χ3n) is 3.67. The largest absolute Gasteiger partial charge is 0.339 e. The van der Waals surface area contributed by atoms with E-state index in [1.54, 1.807) is 6.20 Å². The van der Waals surface area contributed by atoms with Crippen LogP contribution in [0.15, 0.2) is 66.9 Å². The fraction of sp³-hybridized carbons (Fsp3) is 0. The average molecular weight is 272 g/mol. The zero-order valence-electron chi connectivity index (χ0n) is 11.2. The fourth-order valence-corrected chi connectivity index (χ4v) is 2.62. The lowest BCUT2D eigenvalue weighted by Gasteiger charge is -2.01. The molecule has 0 atom stereocenters. The number of pyridine rings is 1. The summed E-state index contributed by atoms with van der Waals surface area (Å²) in [6, 6.07) is 19.0. The van der Waals surface area contributed by atoms with Gasteiger partial charge in [0.1, 0.15) is 5.65 Å². The molecule has 0 saturated heterocycles. The number of ketones is 1. The lowest BCUT2D eigenvalue weighted by atomic mass is 10.0. The number of rotatable bonds is 2. The van der Waals surface area contributed by atoms with E-state index in [4.69, 9.17) is 0 Å². The summed E-state index contributed by atoms with van der Waals surface area (Å²) in [5.41, 5.74) is 3.23. The maximum absolute atomic E-state index is 12.5. The number of benzene rings is 2. The van der Waals surface area contributed by atoms with Crippen molar-refractivity contribution in [2.24, 2.45) is 0 Å². The standard InChI is InChI=1S/C18H12N2O/c21-17(12-5-2-1-3-6-12)13-8-9-16-15(11-13)14-7-4-10-19-18(14)20-16/h1-11H,(H,19,20). The van der Waals surface area contributed by atoms with Crippen molar-refractivity contribution in [2.75, 3.05) is 0 Å². The maximum atomic E-state index is 12.5. The van der Waals surface area contributed by atoms with Gasteiger partial charge in [0.15, 0.2) is 5.78 Å². The van der Waals surface area contributed by atoms with Gasteiger partial charge >= 0.3 is 0 Å². The molecule has 0 aliphatic rings. The third-order valence-corrected chi connectivity index (χ3v) is 3.67. The Morgan fingerprint density at radius 3 is 2.57 bits per heavy atom. The van der Waals surface area contributed by atoms with Crippen LogP contribution in [-0.4, -0.2) is 15.8 Å². The molecule has 21 heavy (non-hydrogen) atoms. The molecule has 0 saturated carbocycles. The first-order valence-corrected chi connectivity index (χ1v) is 6.79. The summed E-state index contributed by atoms with van der Waals surface area (Å²) < 4.78 is 0. The minimum Gasteiger partial charge on any atom is -0.339 e. The molecule has 3 nitrogen and oxygen atoms in total. The molecule has 0 unspecified atom stereocenters. The van der Waals surface area contributed by atoms with E-state index in [1.807, 2.05) is 60.7 Å². The quantitative estimate of drug-likeness (QED) is 0.562. The van der Waals surface area contributed by atoms with Gasteiger partial charge in [-0.3, -0.25) is 4.79 Å². The summed E-state index contributed by atoms with van der Waals surface area (Å²) in [7, 11) is 0. The smallest absolute Gasteiger partial charge is 0.193 e. The lowest BCUT2D eigenvalue weighted by Crippen LogP contribution is -2.00. The molecule has 4 aromatic rings. The summed E-state index contributed by atoms with van der Waals surface area (Å²) in [4.78, 5) is 20.1. The zero-order chi connectivity index (χ0) is 14.2. The van der Waals surface area contributed by atoms with E-state index >= 15 is 0 Å². The van der Waals surface area contributed by atoms with Gasteiger partial charge in [-0.15, -0.1) is 0 Å². The molecule has 0 fully saturated rings. The van der Waals surface area contributed by atoms with Gasteiger partial charge in [-0.25, -0.2) is 4.98 Å². The van der Waals surface area contributed by atoms with Crippen LogP contribution in [0.4, 0.5) is 0 Å². The van der Waals surface area contributed by atoms with Crippen molar-refractivity contribution in [3.8, 4) is 0 Å². The Morgan fingerprint density at radius 2 is 1.71 bits per heavy atom. The van der Waals surface area contributed by atoms with Crippen molar-refractivity contribution in [3.05, 3.63) is 78.0 Å². The molecule has 0 aliphatic heterocycles. The molecule has 0 spiro atoms. The van der Waals surface area contributed by atoms with Crippen LogP contribution in [0, 0.1) is 0 Å². The number of nitrogens with one attached hydrogen (secondary N) is 1. The number of nitrogens with zero attached hydrogens (tertiary/aromatic N) is 1. The monoisotopic (exact) mass is 272 g/mol. The third kappa shape index (κ3) is 1.91. The first kappa shape index (κ1) is 11.9. The summed E-state index contributed by atoms with van der Waals surface area (Å²) in [6.07, 6.45) is 1.76. The molecular formula is C18H12N2O. The molecule has 0 aliphatic carbocycles. The van der Waals surface area contributed by atoms with Gasteiger partial charge in [-0.05, 0) is 30.3 Å². The van der Waals surface area contributed by atoms with Gasteiger partial charge in [-0.2, -0.15) is 0 Å². The van der Waals surface area contributed by atoms with Gasteiger partial charge < -0.3 is 4.98 Å². The number of hydrogen-bond donors (Lipinski definition) is 1. The highest BCUT2D eigenvalue weighted by Crippen LogP contribution is 2.25. The predicted octanol–water partition coefficient (Wildman–Crippen LogP) is 3.95. The number of aromatic nitrogens is 2. The molecule has 1 N–H and O–H groups in total. The van der Waals surface area contributed by atoms with Crippen molar-refractivity contribution in [1.29, 1.82) is 0 Å². The molecule has 2 aromatic carbocycles. The Morgan fingerprint density at radius 1 is 0.857 bits per heavy atom. The van der Waals surface area contributed by atoms with Gasteiger partial charge in [0.05, 0.1) is 0 Å². The van der Waals surface area contributed by atoms with Crippen molar-refractivity contribution in [3.63, 3.8) is 0 Å². The summed E-state index contributed by atoms with van der Waals surface area (Å²) in [5.74, 6) is 0.0377. The Labute approximate surface area is 121 Å². The molecule has 2 aromatic heterocycles. The van der Waals surface area contributed by atoms with E-state index in [-0.39, 0.29) is 5.78 Å². The number of carbonyl (C=O) groups excluding carboxylic acids is 1. The van der Waals surface area contributed by atoms with Crippen molar-refractivity contribution in [1.82, 2.24) is 9.97 Å². The lowest BCUT2D eigenvalue weighted by molar-refractivity contribution is 0.103. The van der Waals surface area contributed by atoms with Crippen LogP contribution in [0.5, 0.6) is 0 Å². The van der Waals surface area contributed by atoms with Crippen molar-refractivity contribution >= 4 is 27.7 Å². The van der Waals surface area contributed by atoms with Crippen LogP contribution in [0.25, 0.3) is 21.9 Å². The van der Waals surface area contributed by atoms with E-state index in [1.165, 1.54) is 0 Å². The molecule has 2 heterocycles. The van der Waals surface area contributed by atoms with Crippen LogP contribution in [0.1, 0.15) is 15.9 Å². The zero-order valence-corrected chi connectivity index (χ0v) is 11.2. The molecule has 0 amide bonds. The average Bonchev–Trinajstić information content (AvgIpc) is 2.93. The highest BCUT2D eigenvalue weighted by Gasteiger charge is 2.11. The molecule has 3 heteroatoms.